The smallest absolute Gasteiger partial charge is 0.194 e. The average molecular weight is 465 g/mol. The van der Waals surface area contributed by atoms with E-state index in [2.05, 4.69) is 27.1 Å². The van der Waals surface area contributed by atoms with E-state index in [1.54, 1.807) is 18.4 Å². The van der Waals surface area contributed by atoms with Gasteiger partial charge in [0, 0.05) is 30.5 Å². The van der Waals surface area contributed by atoms with Crippen molar-refractivity contribution < 1.29 is 0 Å². The maximum absolute atomic E-state index is 5.91. The molecule has 4 nitrogen and oxygen atoms in total. The first-order chi connectivity index (χ1) is 10.5. The van der Waals surface area contributed by atoms with E-state index in [-0.39, 0.29) is 24.0 Å². The molecule has 0 spiro atoms. The van der Waals surface area contributed by atoms with E-state index < -0.39 is 0 Å². The third-order valence-corrected chi connectivity index (χ3v) is 4.70. The summed E-state index contributed by atoms with van der Waals surface area (Å²) in [4.78, 5) is 12.2. The monoisotopic (exact) mass is 464 g/mol. The van der Waals surface area contributed by atoms with E-state index in [9.17, 15) is 0 Å². The van der Waals surface area contributed by atoms with Crippen LogP contribution in [0.1, 0.15) is 21.1 Å². The molecule has 0 aliphatic rings. The van der Waals surface area contributed by atoms with Crippen LogP contribution in [-0.2, 0) is 13.1 Å². The molecular formula is C16H22ClIN4S. The van der Waals surface area contributed by atoms with Gasteiger partial charge in [-0.2, -0.15) is 0 Å². The Hall–Kier alpha value is -0.860. The summed E-state index contributed by atoms with van der Waals surface area (Å²) in [6, 6.07) is 7.86. The highest BCUT2D eigenvalue weighted by Gasteiger charge is 2.09. The molecule has 1 N–H and O–H groups in total. The number of nitrogens with zero attached hydrogens (tertiary/aromatic N) is 3. The van der Waals surface area contributed by atoms with Crippen LogP contribution in [-0.4, -0.2) is 29.9 Å². The van der Waals surface area contributed by atoms with Gasteiger partial charge in [0.1, 0.15) is 5.01 Å². The van der Waals surface area contributed by atoms with Crippen LogP contribution in [0, 0.1) is 13.8 Å². The van der Waals surface area contributed by atoms with Gasteiger partial charge in [0.25, 0.3) is 0 Å². The Balaban J connectivity index is 0.00000264. The molecule has 1 aromatic carbocycles. The number of guanidine groups is 1. The Morgan fingerprint density at radius 2 is 1.96 bits per heavy atom. The predicted molar refractivity (Wildman–Crippen MR) is 110 cm³/mol. The lowest BCUT2D eigenvalue weighted by molar-refractivity contribution is 0.476. The highest BCUT2D eigenvalue weighted by Crippen LogP contribution is 2.16. The van der Waals surface area contributed by atoms with E-state index in [0.29, 0.717) is 6.54 Å². The van der Waals surface area contributed by atoms with Crippen LogP contribution in [0.25, 0.3) is 0 Å². The summed E-state index contributed by atoms with van der Waals surface area (Å²) < 4.78 is 0. The number of aryl methyl sites for hydroxylation is 2. The van der Waals surface area contributed by atoms with E-state index in [1.807, 2.05) is 38.2 Å². The van der Waals surface area contributed by atoms with Crippen molar-refractivity contribution in [2.24, 2.45) is 4.99 Å². The van der Waals surface area contributed by atoms with Crippen LogP contribution in [0.5, 0.6) is 0 Å². The van der Waals surface area contributed by atoms with Crippen LogP contribution < -0.4 is 5.32 Å². The number of benzene rings is 1. The van der Waals surface area contributed by atoms with Crippen LogP contribution in [0.15, 0.2) is 29.3 Å². The molecule has 23 heavy (non-hydrogen) atoms. The zero-order chi connectivity index (χ0) is 16.1. The number of nitrogens with one attached hydrogen (secondary N) is 1. The molecule has 1 heterocycles. The molecule has 2 aromatic rings. The maximum atomic E-state index is 5.91. The van der Waals surface area contributed by atoms with Gasteiger partial charge >= 0.3 is 0 Å². The largest absolute Gasteiger partial charge is 0.350 e. The number of hydrogen-bond acceptors (Lipinski definition) is 3. The second-order valence-corrected chi connectivity index (χ2v) is 6.86. The van der Waals surface area contributed by atoms with Crippen molar-refractivity contribution >= 4 is 52.9 Å². The van der Waals surface area contributed by atoms with Gasteiger partial charge in [0.2, 0.25) is 0 Å². The van der Waals surface area contributed by atoms with Crippen molar-refractivity contribution in [3.8, 4) is 0 Å². The van der Waals surface area contributed by atoms with E-state index >= 15 is 0 Å². The first-order valence-electron chi connectivity index (χ1n) is 7.08. The number of thiazole rings is 1. The second kappa shape index (κ2) is 9.44. The standard InChI is InChI=1S/C16H21ClN4S.HI/c1-11-12(2)22-15(20-11)9-19-16(18-3)21(4)10-13-5-7-14(17)8-6-13;/h5-8H,9-10H2,1-4H3,(H,18,19);1H. The fourth-order valence-electron chi connectivity index (χ4n) is 2.09. The highest BCUT2D eigenvalue weighted by molar-refractivity contribution is 14.0. The van der Waals surface area contributed by atoms with E-state index in [4.69, 9.17) is 11.6 Å². The van der Waals surface area contributed by atoms with Gasteiger partial charge in [0.05, 0.1) is 12.2 Å². The third kappa shape index (κ3) is 5.93. The molecular weight excluding hydrogens is 443 g/mol. The molecule has 0 bridgehead atoms. The normalized spacial score (nSPS) is 11.1. The lowest BCUT2D eigenvalue weighted by Gasteiger charge is -2.21. The van der Waals surface area contributed by atoms with Gasteiger partial charge in [-0.25, -0.2) is 4.98 Å². The average Bonchev–Trinajstić information content (AvgIpc) is 2.81. The zero-order valence-corrected chi connectivity index (χ0v) is 17.7. The summed E-state index contributed by atoms with van der Waals surface area (Å²) in [7, 11) is 3.81. The van der Waals surface area contributed by atoms with Gasteiger partial charge in [-0.3, -0.25) is 4.99 Å². The van der Waals surface area contributed by atoms with Crippen molar-refractivity contribution in [1.29, 1.82) is 0 Å². The molecule has 0 fully saturated rings. The van der Waals surface area contributed by atoms with E-state index in [1.165, 1.54) is 10.4 Å². The molecule has 0 atom stereocenters. The molecule has 2 rings (SSSR count). The molecule has 0 amide bonds. The summed E-state index contributed by atoms with van der Waals surface area (Å²) in [6.45, 7) is 5.60. The summed E-state index contributed by atoms with van der Waals surface area (Å²) in [5, 5.41) is 5.19. The fraction of sp³-hybridized carbons (Fsp3) is 0.375. The minimum absolute atomic E-state index is 0. The minimum Gasteiger partial charge on any atom is -0.350 e. The highest BCUT2D eigenvalue weighted by atomic mass is 127. The van der Waals surface area contributed by atoms with Crippen LogP contribution in [0.4, 0.5) is 0 Å². The van der Waals surface area contributed by atoms with E-state index in [0.717, 1.165) is 28.2 Å². The Labute approximate surface area is 164 Å². The molecule has 0 aliphatic heterocycles. The maximum Gasteiger partial charge on any atom is 0.194 e. The Morgan fingerprint density at radius 1 is 1.30 bits per heavy atom. The number of aliphatic imine (C=N–C) groups is 1. The zero-order valence-electron chi connectivity index (χ0n) is 13.8. The molecule has 0 saturated heterocycles. The summed E-state index contributed by atoms with van der Waals surface area (Å²) >= 11 is 7.64. The lowest BCUT2D eigenvalue weighted by atomic mass is 10.2. The quantitative estimate of drug-likeness (QED) is 0.418. The number of hydrogen-bond donors (Lipinski definition) is 1. The van der Waals surface area contributed by atoms with Crippen LogP contribution >= 0.6 is 46.9 Å². The van der Waals surface area contributed by atoms with Crippen molar-refractivity contribution in [3.05, 3.63) is 50.4 Å². The van der Waals surface area contributed by atoms with Crippen molar-refractivity contribution in [2.45, 2.75) is 26.9 Å². The molecule has 0 unspecified atom stereocenters. The van der Waals surface area contributed by atoms with Crippen LogP contribution in [0.3, 0.4) is 0 Å². The Morgan fingerprint density at radius 3 is 2.48 bits per heavy atom. The summed E-state index contributed by atoms with van der Waals surface area (Å²) in [5.74, 6) is 0.848. The van der Waals surface area contributed by atoms with Crippen molar-refractivity contribution in [3.63, 3.8) is 0 Å². The van der Waals surface area contributed by atoms with Gasteiger partial charge in [-0.05, 0) is 31.5 Å². The second-order valence-electron chi connectivity index (χ2n) is 5.13. The van der Waals surface area contributed by atoms with Crippen molar-refractivity contribution in [1.82, 2.24) is 15.2 Å². The molecule has 1 aromatic heterocycles. The summed E-state index contributed by atoms with van der Waals surface area (Å²) in [6.07, 6.45) is 0. The molecule has 7 heteroatoms. The van der Waals surface area contributed by atoms with Crippen molar-refractivity contribution in [2.75, 3.05) is 14.1 Å². The Kier molecular flexibility index (Phi) is 8.28. The molecule has 126 valence electrons. The van der Waals surface area contributed by atoms with Gasteiger partial charge in [-0.1, -0.05) is 23.7 Å². The SMILES string of the molecule is CN=C(NCc1nc(C)c(C)s1)N(C)Cc1ccc(Cl)cc1.I. The first kappa shape index (κ1) is 20.2. The van der Waals surface area contributed by atoms with Crippen LogP contribution in [0.2, 0.25) is 5.02 Å². The van der Waals surface area contributed by atoms with Gasteiger partial charge in [-0.15, -0.1) is 35.3 Å². The van der Waals surface area contributed by atoms with Gasteiger partial charge < -0.3 is 10.2 Å². The molecule has 0 aliphatic carbocycles. The third-order valence-electron chi connectivity index (χ3n) is 3.38. The summed E-state index contributed by atoms with van der Waals surface area (Å²) in [5.41, 5.74) is 2.29. The van der Waals surface area contributed by atoms with Gasteiger partial charge in [0.15, 0.2) is 5.96 Å². The number of halogens is 2. The first-order valence-corrected chi connectivity index (χ1v) is 8.28. The number of aromatic nitrogens is 1. The minimum atomic E-state index is 0. The number of rotatable bonds is 4. The fourth-order valence-corrected chi connectivity index (χ4v) is 3.09. The Bertz CT molecular complexity index is 635. The topological polar surface area (TPSA) is 40.5 Å². The predicted octanol–water partition coefficient (Wildman–Crippen LogP) is 4.24. The molecule has 0 saturated carbocycles. The lowest BCUT2D eigenvalue weighted by Crippen LogP contribution is -2.38. The molecule has 0 radical (unpaired) electrons.